The molecule has 0 aliphatic rings. The van der Waals surface area contributed by atoms with E-state index in [-0.39, 0.29) is 6.61 Å². The number of nitrogens with two attached hydrogens (primary N) is 1. The van der Waals surface area contributed by atoms with Gasteiger partial charge in [0.1, 0.15) is 6.61 Å². The summed E-state index contributed by atoms with van der Waals surface area (Å²) in [5.41, 5.74) is 5.66. The zero-order valence-corrected chi connectivity index (χ0v) is 11.2. The highest BCUT2D eigenvalue weighted by molar-refractivity contribution is 5.40. The van der Waals surface area contributed by atoms with Gasteiger partial charge in [-0.3, -0.25) is 0 Å². The Kier molecular flexibility index (Phi) is 4.24. The van der Waals surface area contributed by atoms with E-state index in [0.29, 0.717) is 11.5 Å². The first kappa shape index (κ1) is 13.9. The molecule has 1 unspecified atom stereocenters. The van der Waals surface area contributed by atoms with E-state index < -0.39 is 5.54 Å². The molecular weight excluding hydrogens is 252 g/mol. The number of para-hydroxylation sites is 2. The van der Waals surface area contributed by atoms with Crippen molar-refractivity contribution in [2.75, 3.05) is 13.7 Å². The van der Waals surface area contributed by atoms with Gasteiger partial charge in [-0.1, -0.05) is 42.5 Å². The minimum absolute atomic E-state index is 0.0495. The number of hydrogen-bond acceptors (Lipinski definition) is 4. The van der Waals surface area contributed by atoms with E-state index in [1.54, 1.807) is 19.2 Å². The molecule has 0 radical (unpaired) electrons. The molecule has 2 aromatic carbocycles. The third-order valence-electron chi connectivity index (χ3n) is 3.01. The van der Waals surface area contributed by atoms with Gasteiger partial charge in [0.05, 0.1) is 13.2 Å². The average Bonchev–Trinajstić information content (AvgIpc) is 2.53. The fourth-order valence-electron chi connectivity index (χ4n) is 1.85. The number of hydrogen-bond donors (Lipinski definition) is 1. The summed E-state index contributed by atoms with van der Waals surface area (Å²) in [5, 5.41) is 9.36. The van der Waals surface area contributed by atoms with Crippen LogP contribution >= 0.6 is 0 Å². The Labute approximate surface area is 118 Å². The Morgan fingerprint density at radius 1 is 1.05 bits per heavy atom. The Hall–Kier alpha value is -2.51. The van der Waals surface area contributed by atoms with E-state index in [9.17, 15) is 5.26 Å². The fraction of sp³-hybridized carbons (Fsp3) is 0.188. The van der Waals surface area contributed by atoms with Gasteiger partial charge in [0.25, 0.3) is 0 Å². The lowest BCUT2D eigenvalue weighted by Gasteiger charge is -2.22. The molecule has 0 saturated carbocycles. The summed E-state index contributed by atoms with van der Waals surface area (Å²) < 4.78 is 10.9. The molecule has 4 nitrogen and oxygen atoms in total. The van der Waals surface area contributed by atoms with Crippen LogP contribution in [0.1, 0.15) is 5.56 Å². The minimum atomic E-state index is -1.19. The number of ether oxygens (including phenoxy) is 2. The smallest absolute Gasteiger partial charge is 0.164 e. The molecule has 0 saturated heterocycles. The third kappa shape index (κ3) is 2.90. The molecular formula is C16H16N2O2. The van der Waals surface area contributed by atoms with Crippen molar-refractivity contribution in [3.8, 4) is 17.6 Å². The maximum atomic E-state index is 9.36. The van der Waals surface area contributed by atoms with Gasteiger partial charge in [0.15, 0.2) is 17.0 Å². The van der Waals surface area contributed by atoms with Gasteiger partial charge in [-0.05, 0) is 17.7 Å². The Morgan fingerprint density at radius 3 is 2.25 bits per heavy atom. The quantitative estimate of drug-likeness (QED) is 0.904. The zero-order valence-electron chi connectivity index (χ0n) is 11.2. The van der Waals surface area contributed by atoms with E-state index in [1.807, 2.05) is 42.5 Å². The Morgan fingerprint density at radius 2 is 1.65 bits per heavy atom. The maximum Gasteiger partial charge on any atom is 0.164 e. The van der Waals surface area contributed by atoms with Crippen LogP contribution in [0.2, 0.25) is 0 Å². The van der Waals surface area contributed by atoms with Gasteiger partial charge in [-0.15, -0.1) is 0 Å². The van der Waals surface area contributed by atoms with Gasteiger partial charge in [-0.2, -0.15) is 5.26 Å². The van der Waals surface area contributed by atoms with E-state index in [1.165, 1.54) is 0 Å². The number of rotatable bonds is 5. The predicted molar refractivity (Wildman–Crippen MR) is 76.4 cm³/mol. The first-order valence-electron chi connectivity index (χ1n) is 6.21. The van der Waals surface area contributed by atoms with Crippen LogP contribution in [-0.4, -0.2) is 13.7 Å². The van der Waals surface area contributed by atoms with Crippen LogP contribution in [0.4, 0.5) is 0 Å². The van der Waals surface area contributed by atoms with Crippen LogP contribution < -0.4 is 15.2 Å². The summed E-state index contributed by atoms with van der Waals surface area (Å²) in [5.74, 6) is 1.18. The van der Waals surface area contributed by atoms with Crippen LogP contribution in [-0.2, 0) is 5.54 Å². The molecule has 2 rings (SSSR count). The summed E-state index contributed by atoms with van der Waals surface area (Å²) in [6, 6.07) is 18.6. The van der Waals surface area contributed by atoms with Crippen LogP contribution in [0.15, 0.2) is 54.6 Å². The third-order valence-corrected chi connectivity index (χ3v) is 3.01. The van der Waals surface area contributed by atoms with E-state index in [0.717, 1.165) is 5.56 Å². The highest BCUT2D eigenvalue weighted by Gasteiger charge is 2.28. The van der Waals surface area contributed by atoms with Gasteiger partial charge in [0, 0.05) is 0 Å². The summed E-state index contributed by atoms with van der Waals surface area (Å²) in [6.45, 7) is 0.0495. The number of nitrogens with zero attached hydrogens (tertiary/aromatic N) is 1. The summed E-state index contributed by atoms with van der Waals surface area (Å²) >= 11 is 0. The number of nitriles is 1. The molecule has 0 aliphatic carbocycles. The minimum Gasteiger partial charge on any atom is -0.493 e. The number of methoxy groups -OCH3 is 1. The van der Waals surface area contributed by atoms with Crippen LogP contribution in [0.3, 0.4) is 0 Å². The lowest BCUT2D eigenvalue weighted by atomic mass is 9.94. The molecule has 20 heavy (non-hydrogen) atoms. The molecule has 0 spiro atoms. The summed E-state index contributed by atoms with van der Waals surface area (Å²) in [7, 11) is 1.57. The lowest BCUT2D eigenvalue weighted by Crippen LogP contribution is -2.41. The van der Waals surface area contributed by atoms with E-state index in [4.69, 9.17) is 15.2 Å². The summed E-state index contributed by atoms with van der Waals surface area (Å²) in [6.07, 6.45) is 0. The maximum absolute atomic E-state index is 9.36. The van der Waals surface area contributed by atoms with Crippen LogP contribution in [0.25, 0.3) is 0 Å². The highest BCUT2D eigenvalue weighted by Crippen LogP contribution is 2.27. The van der Waals surface area contributed by atoms with Crippen molar-refractivity contribution in [3.05, 3.63) is 60.2 Å². The Bertz CT molecular complexity index is 607. The highest BCUT2D eigenvalue weighted by atomic mass is 16.5. The van der Waals surface area contributed by atoms with Crippen molar-refractivity contribution in [3.63, 3.8) is 0 Å². The van der Waals surface area contributed by atoms with Gasteiger partial charge < -0.3 is 15.2 Å². The first-order valence-corrected chi connectivity index (χ1v) is 6.21. The molecule has 2 N–H and O–H groups in total. The van der Waals surface area contributed by atoms with Crippen LogP contribution in [0.5, 0.6) is 11.5 Å². The molecule has 0 aliphatic heterocycles. The Balaban J connectivity index is 2.18. The van der Waals surface area contributed by atoms with Crippen molar-refractivity contribution in [1.82, 2.24) is 0 Å². The fourth-order valence-corrected chi connectivity index (χ4v) is 1.85. The van der Waals surface area contributed by atoms with Gasteiger partial charge in [-0.25, -0.2) is 0 Å². The van der Waals surface area contributed by atoms with Crippen molar-refractivity contribution in [1.29, 1.82) is 5.26 Å². The molecule has 1 atom stereocenters. The molecule has 4 heteroatoms. The summed E-state index contributed by atoms with van der Waals surface area (Å²) in [4.78, 5) is 0. The molecule has 0 bridgehead atoms. The SMILES string of the molecule is COc1ccccc1OCC(N)(C#N)c1ccccc1. The normalized spacial score (nSPS) is 13.1. The van der Waals surface area contributed by atoms with E-state index in [2.05, 4.69) is 6.07 Å². The van der Waals surface area contributed by atoms with Crippen molar-refractivity contribution < 1.29 is 9.47 Å². The second-order valence-electron chi connectivity index (χ2n) is 4.39. The monoisotopic (exact) mass is 268 g/mol. The van der Waals surface area contributed by atoms with Crippen molar-refractivity contribution >= 4 is 0 Å². The number of benzene rings is 2. The van der Waals surface area contributed by atoms with Crippen LogP contribution in [0, 0.1) is 11.3 Å². The van der Waals surface area contributed by atoms with E-state index >= 15 is 0 Å². The van der Waals surface area contributed by atoms with Gasteiger partial charge in [0.2, 0.25) is 0 Å². The first-order chi connectivity index (χ1) is 9.69. The molecule has 0 fully saturated rings. The zero-order chi connectivity index (χ0) is 14.4. The molecule has 0 aromatic heterocycles. The average molecular weight is 268 g/mol. The molecule has 0 amide bonds. The standard InChI is InChI=1S/C16H16N2O2/c1-19-14-9-5-6-10-15(14)20-12-16(18,11-17)13-7-3-2-4-8-13/h2-10H,12,18H2,1H3. The van der Waals surface area contributed by atoms with Crippen molar-refractivity contribution in [2.45, 2.75) is 5.54 Å². The largest absolute Gasteiger partial charge is 0.493 e. The molecule has 102 valence electrons. The predicted octanol–water partition coefficient (Wildman–Crippen LogP) is 2.45. The lowest BCUT2D eigenvalue weighted by molar-refractivity contribution is 0.243. The molecule has 0 heterocycles. The van der Waals surface area contributed by atoms with Crippen molar-refractivity contribution in [2.24, 2.45) is 5.73 Å². The second kappa shape index (κ2) is 6.09. The second-order valence-corrected chi connectivity index (χ2v) is 4.39. The topological polar surface area (TPSA) is 68.3 Å². The molecule has 2 aromatic rings. The van der Waals surface area contributed by atoms with Gasteiger partial charge >= 0.3 is 0 Å².